The molecule has 1 aromatic heterocycles. The SMILES string of the molecule is Cc1cc(C)c(C(Cc2ccco2)NN)c(C)c1. The van der Waals surface area contributed by atoms with Crippen molar-refractivity contribution in [3.63, 3.8) is 0 Å². The molecule has 0 saturated heterocycles. The second kappa shape index (κ2) is 5.38. The van der Waals surface area contributed by atoms with Crippen molar-refractivity contribution in [2.45, 2.75) is 33.2 Å². The van der Waals surface area contributed by atoms with Crippen molar-refractivity contribution in [3.8, 4) is 0 Å². The summed E-state index contributed by atoms with van der Waals surface area (Å²) >= 11 is 0. The molecule has 0 saturated carbocycles. The van der Waals surface area contributed by atoms with Crippen LogP contribution in [0.3, 0.4) is 0 Å². The Morgan fingerprint density at radius 3 is 2.39 bits per heavy atom. The molecule has 3 heteroatoms. The highest BCUT2D eigenvalue weighted by Crippen LogP contribution is 2.26. The standard InChI is InChI=1S/C15H20N2O/c1-10-7-11(2)15(12(3)8-10)14(17-16)9-13-5-4-6-18-13/h4-8,14,17H,9,16H2,1-3H3. The van der Waals surface area contributed by atoms with Crippen LogP contribution in [0.5, 0.6) is 0 Å². The lowest BCUT2D eigenvalue weighted by molar-refractivity contribution is 0.453. The molecular formula is C15H20N2O. The number of hydrazine groups is 1. The van der Waals surface area contributed by atoms with Crippen molar-refractivity contribution in [1.82, 2.24) is 5.43 Å². The summed E-state index contributed by atoms with van der Waals surface area (Å²) in [4.78, 5) is 0. The second-order valence-corrected chi connectivity index (χ2v) is 4.82. The zero-order valence-electron chi connectivity index (χ0n) is 11.2. The summed E-state index contributed by atoms with van der Waals surface area (Å²) in [5.74, 6) is 6.65. The topological polar surface area (TPSA) is 51.2 Å². The van der Waals surface area contributed by atoms with E-state index in [9.17, 15) is 0 Å². The van der Waals surface area contributed by atoms with E-state index in [1.54, 1.807) is 6.26 Å². The highest BCUT2D eigenvalue weighted by atomic mass is 16.3. The largest absolute Gasteiger partial charge is 0.469 e. The molecule has 0 aliphatic carbocycles. The Morgan fingerprint density at radius 2 is 1.89 bits per heavy atom. The minimum Gasteiger partial charge on any atom is -0.469 e. The quantitative estimate of drug-likeness (QED) is 0.642. The molecule has 18 heavy (non-hydrogen) atoms. The predicted molar refractivity (Wildman–Crippen MR) is 73.1 cm³/mol. The zero-order chi connectivity index (χ0) is 13.1. The Hall–Kier alpha value is -1.58. The van der Waals surface area contributed by atoms with Gasteiger partial charge in [-0.2, -0.15) is 0 Å². The Kier molecular flexibility index (Phi) is 3.84. The number of rotatable bonds is 4. The Bertz CT molecular complexity index is 494. The molecule has 3 nitrogen and oxygen atoms in total. The van der Waals surface area contributed by atoms with Gasteiger partial charge in [0.25, 0.3) is 0 Å². The lowest BCUT2D eigenvalue weighted by Gasteiger charge is -2.20. The van der Waals surface area contributed by atoms with Gasteiger partial charge in [-0.25, -0.2) is 0 Å². The van der Waals surface area contributed by atoms with Gasteiger partial charge in [0, 0.05) is 6.42 Å². The maximum atomic E-state index is 5.71. The number of hydrogen-bond acceptors (Lipinski definition) is 3. The van der Waals surface area contributed by atoms with Crippen molar-refractivity contribution < 1.29 is 4.42 Å². The van der Waals surface area contributed by atoms with Gasteiger partial charge >= 0.3 is 0 Å². The van der Waals surface area contributed by atoms with Crippen LogP contribution in [0.25, 0.3) is 0 Å². The first-order valence-electron chi connectivity index (χ1n) is 6.18. The van der Waals surface area contributed by atoms with Crippen LogP contribution in [0.15, 0.2) is 34.9 Å². The average Bonchev–Trinajstić information content (AvgIpc) is 2.79. The van der Waals surface area contributed by atoms with E-state index in [0.29, 0.717) is 0 Å². The van der Waals surface area contributed by atoms with Crippen LogP contribution < -0.4 is 11.3 Å². The number of benzene rings is 1. The minimum atomic E-state index is 0.0803. The van der Waals surface area contributed by atoms with Crippen molar-refractivity contribution in [3.05, 3.63) is 58.5 Å². The molecule has 1 unspecified atom stereocenters. The molecule has 1 heterocycles. The lowest BCUT2D eigenvalue weighted by atomic mass is 9.92. The van der Waals surface area contributed by atoms with Gasteiger partial charge in [-0.3, -0.25) is 11.3 Å². The number of hydrogen-bond donors (Lipinski definition) is 2. The van der Waals surface area contributed by atoms with Crippen LogP contribution >= 0.6 is 0 Å². The number of aryl methyl sites for hydroxylation is 3. The van der Waals surface area contributed by atoms with Gasteiger partial charge in [0.15, 0.2) is 0 Å². The Morgan fingerprint density at radius 1 is 1.22 bits per heavy atom. The van der Waals surface area contributed by atoms with Crippen LogP contribution in [-0.2, 0) is 6.42 Å². The third-order valence-electron chi connectivity index (χ3n) is 3.27. The summed E-state index contributed by atoms with van der Waals surface area (Å²) < 4.78 is 5.40. The van der Waals surface area contributed by atoms with Crippen molar-refractivity contribution in [2.75, 3.05) is 0 Å². The molecule has 0 amide bonds. The van der Waals surface area contributed by atoms with Crippen molar-refractivity contribution in [2.24, 2.45) is 5.84 Å². The van der Waals surface area contributed by atoms with Crippen molar-refractivity contribution >= 4 is 0 Å². The third kappa shape index (κ3) is 2.63. The van der Waals surface area contributed by atoms with E-state index < -0.39 is 0 Å². The first kappa shape index (κ1) is 12.9. The van der Waals surface area contributed by atoms with Gasteiger partial charge in [-0.05, 0) is 49.6 Å². The maximum Gasteiger partial charge on any atom is 0.105 e. The van der Waals surface area contributed by atoms with E-state index in [1.165, 1.54) is 22.3 Å². The van der Waals surface area contributed by atoms with E-state index >= 15 is 0 Å². The molecule has 96 valence electrons. The van der Waals surface area contributed by atoms with Gasteiger partial charge < -0.3 is 4.42 Å². The van der Waals surface area contributed by atoms with Crippen LogP contribution in [0.2, 0.25) is 0 Å². The number of nitrogens with two attached hydrogens (primary N) is 1. The summed E-state index contributed by atoms with van der Waals surface area (Å²) in [5, 5.41) is 0. The van der Waals surface area contributed by atoms with Gasteiger partial charge in [-0.1, -0.05) is 17.7 Å². The van der Waals surface area contributed by atoms with Gasteiger partial charge in [0.2, 0.25) is 0 Å². The zero-order valence-corrected chi connectivity index (χ0v) is 11.2. The molecule has 2 rings (SSSR count). The minimum absolute atomic E-state index is 0.0803. The molecule has 0 spiro atoms. The summed E-state index contributed by atoms with van der Waals surface area (Å²) in [6.07, 6.45) is 2.45. The predicted octanol–water partition coefficient (Wildman–Crippen LogP) is 2.95. The summed E-state index contributed by atoms with van der Waals surface area (Å²) in [6.45, 7) is 6.37. The highest BCUT2D eigenvalue weighted by Gasteiger charge is 2.17. The fourth-order valence-corrected chi connectivity index (χ4v) is 2.62. The van der Waals surface area contributed by atoms with Gasteiger partial charge in [0.05, 0.1) is 12.3 Å². The van der Waals surface area contributed by atoms with Crippen LogP contribution in [-0.4, -0.2) is 0 Å². The van der Waals surface area contributed by atoms with Crippen LogP contribution in [0.1, 0.15) is 34.1 Å². The fourth-order valence-electron chi connectivity index (χ4n) is 2.62. The number of nitrogens with one attached hydrogen (secondary N) is 1. The summed E-state index contributed by atoms with van der Waals surface area (Å²) in [5.41, 5.74) is 7.97. The third-order valence-corrected chi connectivity index (χ3v) is 3.27. The van der Waals surface area contributed by atoms with E-state index in [-0.39, 0.29) is 6.04 Å². The summed E-state index contributed by atoms with van der Waals surface area (Å²) in [7, 11) is 0. The van der Waals surface area contributed by atoms with Crippen molar-refractivity contribution in [1.29, 1.82) is 0 Å². The first-order chi connectivity index (χ1) is 8.61. The van der Waals surface area contributed by atoms with Gasteiger partial charge in [-0.15, -0.1) is 0 Å². The monoisotopic (exact) mass is 244 g/mol. The maximum absolute atomic E-state index is 5.71. The normalized spacial score (nSPS) is 12.7. The average molecular weight is 244 g/mol. The molecule has 0 aliphatic rings. The van der Waals surface area contributed by atoms with Crippen LogP contribution in [0, 0.1) is 20.8 Å². The molecule has 1 atom stereocenters. The van der Waals surface area contributed by atoms with E-state index in [1.807, 2.05) is 12.1 Å². The Balaban J connectivity index is 2.33. The smallest absolute Gasteiger partial charge is 0.105 e. The molecule has 0 bridgehead atoms. The molecule has 2 aromatic rings. The van der Waals surface area contributed by atoms with Gasteiger partial charge in [0.1, 0.15) is 5.76 Å². The molecule has 0 radical (unpaired) electrons. The molecule has 3 N–H and O–H groups in total. The molecule has 0 fully saturated rings. The van der Waals surface area contributed by atoms with Crippen LogP contribution in [0.4, 0.5) is 0 Å². The molecule has 0 aliphatic heterocycles. The highest BCUT2D eigenvalue weighted by molar-refractivity contribution is 5.40. The first-order valence-corrected chi connectivity index (χ1v) is 6.18. The second-order valence-electron chi connectivity index (χ2n) is 4.82. The summed E-state index contributed by atoms with van der Waals surface area (Å²) in [6, 6.07) is 8.33. The van der Waals surface area contributed by atoms with E-state index in [2.05, 4.69) is 38.3 Å². The van der Waals surface area contributed by atoms with E-state index in [4.69, 9.17) is 10.3 Å². The fraction of sp³-hybridized carbons (Fsp3) is 0.333. The van der Waals surface area contributed by atoms with E-state index in [0.717, 1.165) is 12.2 Å². The lowest BCUT2D eigenvalue weighted by Crippen LogP contribution is -2.30. The number of furan rings is 1. The molecule has 1 aromatic carbocycles. The Labute approximate surface area is 108 Å². The molecular weight excluding hydrogens is 224 g/mol.